The van der Waals surface area contributed by atoms with Crippen molar-refractivity contribution in [1.29, 1.82) is 0 Å². The number of aryl methyl sites for hydroxylation is 1. The van der Waals surface area contributed by atoms with E-state index >= 15 is 0 Å². The van der Waals surface area contributed by atoms with Gasteiger partial charge in [-0.3, -0.25) is 20.0 Å². The van der Waals surface area contributed by atoms with E-state index in [0.717, 1.165) is 0 Å². The summed E-state index contributed by atoms with van der Waals surface area (Å²) in [4.78, 5) is 26.7. The fourth-order valence-electron chi connectivity index (χ4n) is 1.48. The fourth-order valence-corrected chi connectivity index (χ4v) is 1.48. The summed E-state index contributed by atoms with van der Waals surface area (Å²) in [6.45, 7) is 3.16. The third kappa shape index (κ3) is 3.38. The van der Waals surface area contributed by atoms with Crippen LogP contribution >= 0.6 is 0 Å². The third-order valence-corrected chi connectivity index (χ3v) is 2.29. The van der Waals surface area contributed by atoms with Gasteiger partial charge < -0.3 is 5.32 Å². The predicted octanol–water partition coefficient (Wildman–Crippen LogP) is 1.32. The quantitative estimate of drug-likeness (QED) is 0.774. The first kappa shape index (κ1) is 12.7. The molecule has 0 spiro atoms. The Balaban J connectivity index is 2.05. The van der Waals surface area contributed by atoms with Crippen LogP contribution in [0.4, 0.5) is 11.6 Å². The van der Waals surface area contributed by atoms with Gasteiger partial charge in [-0.05, 0) is 31.2 Å². The summed E-state index contributed by atoms with van der Waals surface area (Å²) in [6, 6.07) is 6.53. The number of aromatic nitrogens is 3. The van der Waals surface area contributed by atoms with Crippen molar-refractivity contribution >= 4 is 23.5 Å². The standard InChI is InChI=1S/C12H13N5O2/c1-7-13-12(17-16-7)15-11(19)9-3-5-10(6-4-9)14-8(2)18/h3-6H,1-2H3,(H,14,18)(H2,13,15,16,17,19). The maximum atomic E-state index is 11.9. The average molecular weight is 259 g/mol. The molecule has 0 aliphatic rings. The van der Waals surface area contributed by atoms with Gasteiger partial charge in [0, 0.05) is 18.2 Å². The van der Waals surface area contributed by atoms with Crippen LogP contribution in [0.3, 0.4) is 0 Å². The van der Waals surface area contributed by atoms with Gasteiger partial charge in [-0.15, -0.1) is 5.10 Å². The lowest BCUT2D eigenvalue weighted by Gasteiger charge is -2.04. The minimum Gasteiger partial charge on any atom is -0.326 e. The minimum atomic E-state index is -0.312. The van der Waals surface area contributed by atoms with Gasteiger partial charge in [0.15, 0.2) is 0 Å². The molecule has 0 unspecified atom stereocenters. The number of hydrogen-bond donors (Lipinski definition) is 3. The molecule has 2 rings (SSSR count). The van der Waals surface area contributed by atoms with E-state index in [1.807, 2.05) is 0 Å². The number of aromatic amines is 1. The molecule has 1 aromatic heterocycles. The highest BCUT2D eigenvalue weighted by Crippen LogP contribution is 2.10. The number of hydrogen-bond acceptors (Lipinski definition) is 4. The fraction of sp³-hybridized carbons (Fsp3) is 0.167. The van der Waals surface area contributed by atoms with Crippen LogP contribution in [0.2, 0.25) is 0 Å². The second kappa shape index (κ2) is 5.30. The Morgan fingerprint density at radius 2 is 1.84 bits per heavy atom. The molecule has 0 fully saturated rings. The van der Waals surface area contributed by atoms with Crippen molar-refractivity contribution in [2.45, 2.75) is 13.8 Å². The number of anilines is 2. The monoisotopic (exact) mass is 259 g/mol. The van der Waals surface area contributed by atoms with Crippen molar-refractivity contribution in [3.63, 3.8) is 0 Å². The van der Waals surface area contributed by atoms with Gasteiger partial charge in [0.1, 0.15) is 5.82 Å². The normalized spacial score (nSPS) is 10.0. The predicted molar refractivity (Wildman–Crippen MR) is 69.8 cm³/mol. The first-order valence-electron chi connectivity index (χ1n) is 5.62. The molecule has 0 aliphatic carbocycles. The SMILES string of the molecule is CC(=O)Nc1ccc(C(=O)Nc2n[nH]c(C)n2)cc1. The Morgan fingerprint density at radius 1 is 1.16 bits per heavy atom. The molecule has 0 saturated heterocycles. The molecule has 0 bridgehead atoms. The zero-order valence-electron chi connectivity index (χ0n) is 10.5. The zero-order chi connectivity index (χ0) is 13.8. The molecule has 1 aromatic carbocycles. The van der Waals surface area contributed by atoms with Gasteiger partial charge in [0.2, 0.25) is 11.9 Å². The molecule has 0 atom stereocenters. The van der Waals surface area contributed by atoms with Gasteiger partial charge in [-0.2, -0.15) is 4.98 Å². The maximum absolute atomic E-state index is 11.9. The lowest BCUT2D eigenvalue weighted by molar-refractivity contribution is -0.114. The molecule has 2 aromatic rings. The highest BCUT2D eigenvalue weighted by molar-refractivity contribution is 6.03. The smallest absolute Gasteiger partial charge is 0.258 e. The molecule has 0 radical (unpaired) electrons. The van der Waals surface area contributed by atoms with Crippen LogP contribution in [0.25, 0.3) is 0 Å². The molecule has 7 heteroatoms. The third-order valence-electron chi connectivity index (χ3n) is 2.29. The van der Waals surface area contributed by atoms with Crippen molar-refractivity contribution in [3.05, 3.63) is 35.7 Å². The van der Waals surface area contributed by atoms with Crippen molar-refractivity contribution in [2.75, 3.05) is 10.6 Å². The largest absolute Gasteiger partial charge is 0.326 e. The van der Waals surface area contributed by atoms with Crippen LogP contribution in [0.15, 0.2) is 24.3 Å². The van der Waals surface area contributed by atoms with E-state index in [-0.39, 0.29) is 17.8 Å². The Hall–Kier alpha value is -2.70. The van der Waals surface area contributed by atoms with E-state index < -0.39 is 0 Å². The Kier molecular flexibility index (Phi) is 3.56. The van der Waals surface area contributed by atoms with E-state index in [4.69, 9.17) is 0 Å². The van der Waals surface area contributed by atoms with Crippen LogP contribution in [0.1, 0.15) is 23.1 Å². The Morgan fingerprint density at radius 3 is 2.37 bits per heavy atom. The first-order valence-corrected chi connectivity index (χ1v) is 5.62. The summed E-state index contributed by atoms with van der Waals surface area (Å²) in [6.07, 6.45) is 0. The summed E-state index contributed by atoms with van der Waals surface area (Å²) >= 11 is 0. The van der Waals surface area contributed by atoms with E-state index in [9.17, 15) is 9.59 Å². The molecular weight excluding hydrogens is 246 g/mol. The molecule has 3 N–H and O–H groups in total. The van der Waals surface area contributed by atoms with Gasteiger partial charge in [-0.1, -0.05) is 0 Å². The average Bonchev–Trinajstić information content (AvgIpc) is 2.75. The molecule has 98 valence electrons. The van der Waals surface area contributed by atoms with Crippen LogP contribution < -0.4 is 10.6 Å². The van der Waals surface area contributed by atoms with E-state index in [1.54, 1.807) is 31.2 Å². The summed E-state index contributed by atoms with van der Waals surface area (Å²) in [5.74, 6) is 0.381. The number of rotatable bonds is 3. The molecule has 1 heterocycles. The Labute approximate surface area is 109 Å². The number of carbonyl (C=O) groups excluding carboxylic acids is 2. The first-order chi connectivity index (χ1) is 9.04. The summed E-state index contributed by atoms with van der Waals surface area (Å²) in [5.41, 5.74) is 1.09. The summed E-state index contributed by atoms with van der Waals surface area (Å²) in [5, 5.41) is 11.6. The minimum absolute atomic E-state index is 0.159. The highest BCUT2D eigenvalue weighted by Gasteiger charge is 2.08. The van der Waals surface area contributed by atoms with Crippen LogP contribution in [-0.4, -0.2) is 27.0 Å². The number of benzene rings is 1. The van der Waals surface area contributed by atoms with Crippen molar-refractivity contribution in [2.24, 2.45) is 0 Å². The second-order valence-electron chi connectivity index (χ2n) is 3.96. The lowest BCUT2D eigenvalue weighted by Crippen LogP contribution is -2.13. The van der Waals surface area contributed by atoms with Gasteiger partial charge in [0.05, 0.1) is 0 Å². The zero-order valence-corrected chi connectivity index (χ0v) is 10.5. The molecule has 2 amide bonds. The number of H-pyrrole nitrogens is 1. The van der Waals surface area contributed by atoms with E-state index in [1.165, 1.54) is 6.92 Å². The molecule has 0 aliphatic heterocycles. The summed E-state index contributed by atoms with van der Waals surface area (Å²) < 4.78 is 0. The molecular formula is C12H13N5O2. The van der Waals surface area contributed by atoms with Crippen LogP contribution in [0, 0.1) is 6.92 Å². The van der Waals surface area contributed by atoms with E-state index in [0.29, 0.717) is 17.1 Å². The van der Waals surface area contributed by atoms with Gasteiger partial charge in [-0.25, -0.2) is 0 Å². The maximum Gasteiger partial charge on any atom is 0.258 e. The van der Waals surface area contributed by atoms with Gasteiger partial charge >= 0.3 is 0 Å². The molecule has 19 heavy (non-hydrogen) atoms. The molecule has 0 saturated carbocycles. The van der Waals surface area contributed by atoms with Crippen molar-refractivity contribution < 1.29 is 9.59 Å². The van der Waals surface area contributed by atoms with Crippen molar-refractivity contribution in [3.8, 4) is 0 Å². The Bertz CT molecular complexity index is 603. The topological polar surface area (TPSA) is 99.8 Å². The van der Waals surface area contributed by atoms with Crippen LogP contribution in [-0.2, 0) is 4.79 Å². The number of carbonyl (C=O) groups is 2. The number of amides is 2. The van der Waals surface area contributed by atoms with Crippen molar-refractivity contribution in [1.82, 2.24) is 15.2 Å². The second-order valence-corrected chi connectivity index (χ2v) is 3.96. The summed E-state index contributed by atoms with van der Waals surface area (Å²) in [7, 11) is 0. The molecule has 7 nitrogen and oxygen atoms in total. The lowest BCUT2D eigenvalue weighted by atomic mass is 10.2. The van der Waals surface area contributed by atoms with E-state index in [2.05, 4.69) is 25.8 Å². The van der Waals surface area contributed by atoms with Gasteiger partial charge in [0.25, 0.3) is 5.91 Å². The number of nitrogens with one attached hydrogen (secondary N) is 3. The highest BCUT2D eigenvalue weighted by atomic mass is 16.2. The van der Waals surface area contributed by atoms with Crippen LogP contribution in [0.5, 0.6) is 0 Å². The number of nitrogens with zero attached hydrogens (tertiary/aromatic N) is 2.